The van der Waals surface area contributed by atoms with E-state index in [0.717, 1.165) is 38.2 Å². The molecule has 1 aromatic rings. The SMILES string of the molecule is CCCNCc1c(C)nn(C)c1N(CCCO)C(C)C. The highest BCUT2D eigenvalue weighted by molar-refractivity contribution is 5.50. The van der Waals surface area contributed by atoms with Crippen molar-refractivity contribution in [3.63, 3.8) is 0 Å². The van der Waals surface area contributed by atoms with Gasteiger partial charge in [0.25, 0.3) is 0 Å². The van der Waals surface area contributed by atoms with Gasteiger partial charge >= 0.3 is 0 Å². The van der Waals surface area contributed by atoms with E-state index in [1.54, 1.807) is 0 Å². The molecule has 1 heterocycles. The predicted molar refractivity (Wildman–Crippen MR) is 84.1 cm³/mol. The Kier molecular flexibility index (Phi) is 7.02. The summed E-state index contributed by atoms with van der Waals surface area (Å²) < 4.78 is 1.97. The Morgan fingerprint density at radius 2 is 2.10 bits per heavy atom. The summed E-state index contributed by atoms with van der Waals surface area (Å²) in [5, 5.41) is 17.1. The third-order valence-corrected chi connectivity index (χ3v) is 3.49. The monoisotopic (exact) mass is 282 g/mol. The number of nitrogens with one attached hydrogen (secondary N) is 1. The van der Waals surface area contributed by atoms with Gasteiger partial charge in [-0.05, 0) is 40.2 Å². The minimum atomic E-state index is 0.226. The molecular formula is C15H30N4O. The van der Waals surface area contributed by atoms with Crippen LogP contribution in [0.3, 0.4) is 0 Å². The third-order valence-electron chi connectivity index (χ3n) is 3.49. The van der Waals surface area contributed by atoms with Gasteiger partial charge in [0.05, 0.1) is 5.69 Å². The van der Waals surface area contributed by atoms with E-state index in [1.807, 2.05) is 11.7 Å². The molecule has 5 heteroatoms. The van der Waals surface area contributed by atoms with Gasteiger partial charge < -0.3 is 15.3 Å². The van der Waals surface area contributed by atoms with Crippen molar-refractivity contribution in [3.8, 4) is 0 Å². The van der Waals surface area contributed by atoms with Crippen molar-refractivity contribution in [2.75, 3.05) is 24.6 Å². The Labute approximate surface area is 123 Å². The van der Waals surface area contributed by atoms with Crippen LogP contribution in [-0.4, -0.2) is 40.6 Å². The molecule has 0 aliphatic carbocycles. The fourth-order valence-electron chi connectivity index (χ4n) is 2.50. The van der Waals surface area contributed by atoms with Crippen LogP contribution in [0.5, 0.6) is 0 Å². The first-order chi connectivity index (χ1) is 9.52. The lowest BCUT2D eigenvalue weighted by molar-refractivity contribution is 0.288. The smallest absolute Gasteiger partial charge is 0.131 e. The number of aromatic nitrogens is 2. The predicted octanol–water partition coefficient (Wildman–Crippen LogP) is 1.83. The summed E-state index contributed by atoms with van der Waals surface area (Å²) in [4.78, 5) is 2.33. The number of aliphatic hydroxyl groups excluding tert-OH is 1. The highest BCUT2D eigenvalue weighted by Gasteiger charge is 2.20. The average Bonchev–Trinajstić information content (AvgIpc) is 2.66. The molecule has 1 aromatic heterocycles. The van der Waals surface area contributed by atoms with E-state index >= 15 is 0 Å². The van der Waals surface area contributed by atoms with Crippen molar-refractivity contribution in [1.29, 1.82) is 0 Å². The molecule has 0 bridgehead atoms. The molecule has 0 saturated heterocycles. The van der Waals surface area contributed by atoms with Crippen LogP contribution < -0.4 is 10.2 Å². The summed E-state index contributed by atoms with van der Waals surface area (Å²) in [6.07, 6.45) is 1.91. The van der Waals surface area contributed by atoms with Crippen LogP contribution in [0.4, 0.5) is 5.82 Å². The summed E-state index contributed by atoms with van der Waals surface area (Å²) in [7, 11) is 2.00. The standard InChI is InChI=1S/C15H30N4O/c1-6-8-16-11-14-13(4)17-18(5)15(14)19(12(2)3)9-7-10-20/h12,16,20H,6-11H2,1-5H3. The van der Waals surface area contributed by atoms with Crippen molar-refractivity contribution in [3.05, 3.63) is 11.3 Å². The molecule has 5 nitrogen and oxygen atoms in total. The third kappa shape index (κ3) is 4.21. The first kappa shape index (κ1) is 17.0. The molecule has 2 N–H and O–H groups in total. The van der Waals surface area contributed by atoms with Gasteiger partial charge in [-0.15, -0.1) is 0 Å². The molecule has 0 spiro atoms. The first-order valence-electron chi connectivity index (χ1n) is 7.63. The van der Waals surface area contributed by atoms with Crippen molar-refractivity contribution in [2.45, 2.75) is 53.1 Å². The van der Waals surface area contributed by atoms with E-state index in [2.05, 4.69) is 43.0 Å². The van der Waals surface area contributed by atoms with Crippen LogP contribution in [0.15, 0.2) is 0 Å². The van der Waals surface area contributed by atoms with Crippen LogP contribution in [0, 0.1) is 6.92 Å². The van der Waals surface area contributed by atoms with Crippen molar-refractivity contribution in [1.82, 2.24) is 15.1 Å². The van der Waals surface area contributed by atoms with Crippen LogP contribution in [0.2, 0.25) is 0 Å². The Morgan fingerprint density at radius 1 is 1.40 bits per heavy atom. The van der Waals surface area contributed by atoms with E-state index in [9.17, 15) is 0 Å². The van der Waals surface area contributed by atoms with Crippen molar-refractivity contribution in [2.24, 2.45) is 7.05 Å². The Morgan fingerprint density at radius 3 is 2.65 bits per heavy atom. The summed E-state index contributed by atoms with van der Waals surface area (Å²) in [5.74, 6) is 1.18. The van der Waals surface area contributed by atoms with Gasteiger partial charge in [0.2, 0.25) is 0 Å². The lowest BCUT2D eigenvalue weighted by Crippen LogP contribution is -2.35. The molecule has 0 amide bonds. The maximum absolute atomic E-state index is 9.10. The molecule has 0 atom stereocenters. The molecule has 116 valence electrons. The lowest BCUT2D eigenvalue weighted by Gasteiger charge is -2.30. The van der Waals surface area contributed by atoms with Crippen molar-refractivity contribution < 1.29 is 5.11 Å². The fraction of sp³-hybridized carbons (Fsp3) is 0.800. The van der Waals surface area contributed by atoms with Gasteiger partial charge in [-0.2, -0.15) is 5.10 Å². The maximum Gasteiger partial charge on any atom is 0.131 e. The second kappa shape index (κ2) is 8.27. The zero-order chi connectivity index (χ0) is 15.1. The van der Waals surface area contributed by atoms with Gasteiger partial charge in [-0.25, -0.2) is 0 Å². The normalized spacial score (nSPS) is 11.3. The summed E-state index contributed by atoms with van der Waals surface area (Å²) in [5.41, 5.74) is 2.35. The number of rotatable bonds is 9. The van der Waals surface area contributed by atoms with E-state index < -0.39 is 0 Å². The number of aryl methyl sites for hydroxylation is 2. The molecule has 0 radical (unpaired) electrons. The van der Waals surface area contributed by atoms with Crippen LogP contribution in [-0.2, 0) is 13.6 Å². The number of anilines is 1. The zero-order valence-corrected chi connectivity index (χ0v) is 13.6. The molecule has 0 aliphatic rings. The van der Waals surface area contributed by atoms with Crippen LogP contribution >= 0.6 is 0 Å². The number of hydrogen-bond donors (Lipinski definition) is 2. The Balaban J connectivity index is 2.99. The zero-order valence-electron chi connectivity index (χ0n) is 13.6. The largest absolute Gasteiger partial charge is 0.396 e. The lowest BCUT2D eigenvalue weighted by atomic mass is 10.2. The molecule has 20 heavy (non-hydrogen) atoms. The van der Waals surface area contributed by atoms with Crippen molar-refractivity contribution >= 4 is 5.82 Å². The highest BCUT2D eigenvalue weighted by atomic mass is 16.3. The number of aliphatic hydroxyl groups is 1. The number of hydrogen-bond acceptors (Lipinski definition) is 4. The minimum Gasteiger partial charge on any atom is -0.396 e. The van der Waals surface area contributed by atoms with E-state index in [1.165, 1.54) is 11.4 Å². The summed E-state index contributed by atoms with van der Waals surface area (Å²) in [6.45, 7) is 11.6. The fourth-order valence-corrected chi connectivity index (χ4v) is 2.50. The summed E-state index contributed by atoms with van der Waals surface area (Å²) in [6, 6.07) is 0.390. The highest BCUT2D eigenvalue weighted by Crippen LogP contribution is 2.25. The number of nitrogens with zero attached hydrogens (tertiary/aromatic N) is 3. The van der Waals surface area contributed by atoms with Crippen LogP contribution in [0.25, 0.3) is 0 Å². The Hall–Kier alpha value is -1.07. The van der Waals surface area contributed by atoms with E-state index in [-0.39, 0.29) is 6.61 Å². The Bertz CT molecular complexity index is 401. The topological polar surface area (TPSA) is 53.3 Å². The molecular weight excluding hydrogens is 252 g/mol. The van der Waals surface area contributed by atoms with Crippen LogP contribution in [0.1, 0.15) is 44.9 Å². The van der Waals surface area contributed by atoms with Gasteiger partial charge in [-0.3, -0.25) is 4.68 Å². The average molecular weight is 282 g/mol. The maximum atomic E-state index is 9.10. The van der Waals surface area contributed by atoms with Gasteiger partial charge in [0.15, 0.2) is 0 Å². The molecule has 0 saturated carbocycles. The van der Waals surface area contributed by atoms with Gasteiger partial charge in [-0.1, -0.05) is 6.92 Å². The summed E-state index contributed by atoms with van der Waals surface area (Å²) >= 11 is 0. The molecule has 0 aliphatic heterocycles. The second-order valence-corrected chi connectivity index (χ2v) is 5.55. The quantitative estimate of drug-likeness (QED) is 0.679. The second-order valence-electron chi connectivity index (χ2n) is 5.55. The van der Waals surface area contributed by atoms with Gasteiger partial charge in [0, 0.05) is 38.3 Å². The molecule has 0 aromatic carbocycles. The van der Waals surface area contributed by atoms with Gasteiger partial charge in [0.1, 0.15) is 5.82 Å². The minimum absolute atomic E-state index is 0.226. The first-order valence-corrected chi connectivity index (χ1v) is 7.63. The van der Waals surface area contributed by atoms with E-state index in [0.29, 0.717) is 6.04 Å². The molecule has 0 fully saturated rings. The molecule has 1 rings (SSSR count). The van der Waals surface area contributed by atoms with E-state index in [4.69, 9.17) is 5.11 Å². The molecule has 0 unspecified atom stereocenters.